The molecule has 2 nitrogen and oxygen atoms in total. The number of rotatable bonds is 3. The van der Waals surface area contributed by atoms with Crippen LogP contribution in [-0.4, -0.2) is 17.3 Å². The SMILES string of the molecule is O=C(NC1(CCl)CC1)c1ccc(Br)cc1C(F)(F)F. The molecule has 0 unspecified atom stereocenters. The van der Waals surface area contributed by atoms with E-state index in [1.54, 1.807) is 0 Å². The van der Waals surface area contributed by atoms with Gasteiger partial charge in [0, 0.05) is 10.4 Å². The standard InChI is InChI=1S/C12H10BrClF3NO/c13-7-1-2-8(9(5-7)12(15,16)17)10(19)18-11(6-14)3-4-11/h1-2,5H,3-4,6H2,(H,18,19). The summed E-state index contributed by atoms with van der Waals surface area (Å²) in [6.07, 6.45) is -3.19. The number of carbonyl (C=O) groups excluding carboxylic acids is 1. The van der Waals surface area contributed by atoms with Gasteiger partial charge in [-0.3, -0.25) is 4.79 Å². The maximum atomic E-state index is 12.9. The van der Waals surface area contributed by atoms with E-state index in [1.165, 1.54) is 6.07 Å². The van der Waals surface area contributed by atoms with E-state index < -0.39 is 23.2 Å². The first-order chi connectivity index (χ1) is 8.77. The second-order valence-electron chi connectivity index (χ2n) is 4.56. The molecule has 1 aromatic rings. The van der Waals surface area contributed by atoms with E-state index in [0.29, 0.717) is 12.8 Å². The molecule has 104 valence electrons. The second-order valence-corrected chi connectivity index (χ2v) is 5.74. The van der Waals surface area contributed by atoms with Gasteiger partial charge in [-0.2, -0.15) is 13.2 Å². The molecule has 0 radical (unpaired) electrons. The Morgan fingerprint density at radius 1 is 1.42 bits per heavy atom. The molecule has 0 aromatic heterocycles. The fourth-order valence-electron chi connectivity index (χ4n) is 1.70. The second kappa shape index (κ2) is 4.98. The lowest BCUT2D eigenvalue weighted by Crippen LogP contribution is -2.39. The largest absolute Gasteiger partial charge is 0.417 e. The maximum Gasteiger partial charge on any atom is 0.417 e. The van der Waals surface area contributed by atoms with Gasteiger partial charge in [0.15, 0.2) is 0 Å². The van der Waals surface area contributed by atoms with Crippen LogP contribution >= 0.6 is 27.5 Å². The molecule has 1 fully saturated rings. The van der Waals surface area contributed by atoms with Crippen LogP contribution < -0.4 is 5.32 Å². The van der Waals surface area contributed by atoms with Crippen molar-refractivity contribution in [2.45, 2.75) is 24.6 Å². The van der Waals surface area contributed by atoms with Crippen LogP contribution in [0.2, 0.25) is 0 Å². The van der Waals surface area contributed by atoms with E-state index >= 15 is 0 Å². The van der Waals surface area contributed by atoms with Gasteiger partial charge in [0.25, 0.3) is 5.91 Å². The highest BCUT2D eigenvalue weighted by molar-refractivity contribution is 9.10. The van der Waals surface area contributed by atoms with Crippen LogP contribution in [0.25, 0.3) is 0 Å². The average Bonchev–Trinajstić information content (AvgIpc) is 3.08. The lowest BCUT2D eigenvalue weighted by Gasteiger charge is -2.17. The molecule has 0 heterocycles. The minimum Gasteiger partial charge on any atom is -0.345 e. The van der Waals surface area contributed by atoms with Crippen molar-refractivity contribution in [1.29, 1.82) is 0 Å². The molecule has 1 aromatic carbocycles. The summed E-state index contributed by atoms with van der Waals surface area (Å²) in [4.78, 5) is 12.0. The topological polar surface area (TPSA) is 29.1 Å². The summed E-state index contributed by atoms with van der Waals surface area (Å²) >= 11 is 8.67. The van der Waals surface area contributed by atoms with Crippen LogP contribution in [0.4, 0.5) is 13.2 Å². The predicted octanol–water partition coefficient (Wildman–Crippen LogP) is 3.97. The Labute approximate surface area is 121 Å². The Morgan fingerprint density at radius 2 is 2.05 bits per heavy atom. The van der Waals surface area contributed by atoms with Crippen molar-refractivity contribution in [1.82, 2.24) is 5.32 Å². The number of benzene rings is 1. The zero-order valence-corrected chi connectivity index (χ0v) is 12.0. The fourth-order valence-corrected chi connectivity index (χ4v) is 2.40. The maximum absolute atomic E-state index is 12.9. The Balaban J connectivity index is 2.31. The molecule has 1 aliphatic rings. The minimum atomic E-state index is -4.58. The van der Waals surface area contributed by atoms with Gasteiger partial charge >= 0.3 is 6.18 Å². The van der Waals surface area contributed by atoms with Gasteiger partial charge in [-0.25, -0.2) is 0 Å². The number of carbonyl (C=O) groups is 1. The van der Waals surface area contributed by atoms with Crippen molar-refractivity contribution >= 4 is 33.4 Å². The van der Waals surface area contributed by atoms with Crippen LogP contribution in [0, 0.1) is 0 Å². The first kappa shape index (κ1) is 14.7. The zero-order chi connectivity index (χ0) is 14.3. The van der Waals surface area contributed by atoms with Gasteiger partial charge in [0.2, 0.25) is 0 Å². The summed E-state index contributed by atoms with van der Waals surface area (Å²) in [6, 6.07) is 3.46. The van der Waals surface area contributed by atoms with Gasteiger partial charge in [-0.15, -0.1) is 11.6 Å². The smallest absolute Gasteiger partial charge is 0.345 e. The average molecular weight is 357 g/mol. The molecule has 0 atom stereocenters. The summed E-state index contributed by atoms with van der Waals surface area (Å²) < 4.78 is 38.9. The molecule has 0 spiro atoms. The Bertz CT molecular complexity index is 514. The van der Waals surface area contributed by atoms with E-state index in [9.17, 15) is 18.0 Å². The van der Waals surface area contributed by atoms with Crippen molar-refractivity contribution in [3.05, 3.63) is 33.8 Å². The number of hydrogen-bond donors (Lipinski definition) is 1. The van der Waals surface area contributed by atoms with E-state index in [4.69, 9.17) is 11.6 Å². The van der Waals surface area contributed by atoms with Gasteiger partial charge in [0.05, 0.1) is 16.7 Å². The Hall–Kier alpha value is -0.750. The van der Waals surface area contributed by atoms with Crippen LogP contribution in [-0.2, 0) is 6.18 Å². The molecule has 2 rings (SSSR count). The lowest BCUT2D eigenvalue weighted by atomic mass is 10.1. The number of hydrogen-bond acceptors (Lipinski definition) is 1. The van der Waals surface area contributed by atoms with Gasteiger partial charge < -0.3 is 5.32 Å². The first-order valence-electron chi connectivity index (χ1n) is 5.53. The minimum absolute atomic E-state index is 0.205. The molecule has 1 aliphatic carbocycles. The highest BCUT2D eigenvalue weighted by Crippen LogP contribution is 2.38. The van der Waals surface area contributed by atoms with Crippen molar-refractivity contribution in [2.75, 3.05) is 5.88 Å². The molecular formula is C12H10BrClF3NO. The van der Waals surface area contributed by atoms with E-state index in [-0.39, 0.29) is 15.9 Å². The van der Waals surface area contributed by atoms with Crippen molar-refractivity contribution < 1.29 is 18.0 Å². The van der Waals surface area contributed by atoms with Gasteiger partial charge in [-0.05, 0) is 31.0 Å². The monoisotopic (exact) mass is 355 g/mol. The molecule has 0 aliphatic heterocycles. The Kier molecular flexibility index (Phi) is 3.84. The van der Waals surface area contributed by atoms with Gasteiger partial charge in [-0.1, -0.05) is 15.9 Å². The Morgan fingerprint density at radius 3 is 2.53 bits per heavy atom. The summed E-state index contributed by atoms with van der Waals surface area (Å²) in [6.45, 7) is 0. The molecule has 0 saturated heterocycles. The van der Waals surface area contributed by atoms with E-state index in [1.807, 2.05) is 0 Å². The normalized spacial score (nSPS) is 17.1. The molecular weight excluding hydrogens is 346 g/mol. The molecule has 0 bridgehead atoms. The fraction of sp³-hybridized carbons (Fsp3) is 0.417. The van der Waals surface area contributed by atoms with Crippen LogP contribution in [0.15, 0.2) is 22.7 Å². The number of amides is 1. The highest BCUT2D eigenvalue weighted by atomic mass is 79.9. The highest BCUT2D eigenvalue weighted by Gasteiger charge is 2.44. The van der Waals surface area contributed by atoms with Crippen LogP contribution in [0.5, 0.6) is 0 Å². The summed E-state index contributed by atoms with van der Waals surface area (Å²) in [5, 5.41) is 2.58. The molecule has 19 heavy (non-hydrogen) atoms. The van der Waals surface area contributed by atoms with Gasteiger partial charge in [0.1, 0.15) is 0 Å². The molecule has 1 amide bonds. The summed E-state index contributed by atoms with van der Waals surface area (Å²) in [7, 11) is 0. The number of halogens is 5. The van der Waals surface area contributed by atoms with Crippen molar-refractivity contribution in [3.8, 4) is 0 Å². The first-order valence-corrected chi connectivity index (χ1v) is 6.85. The zero-order valence-electron chi connectivity index (χ0n) is 9.65. The number of nitrogens with one attached hydrogen (secondary N) is 1. The van der Waals surface area contributed by atoms with Crippen LogP contribution in [0.1, 0.15) is 28.8 Å². The molecule has 1 saturated carbocycles. The number of alkyl halides is 4. The van der Waals surface area contributed by atoms with E-state index in [2.05, 4.69) is 21.2 Å². The third kappa shape index (κ3) is 3.23. The van der Waals surface area contributed by atoms with Crippen LogP contribution in [0.3, 0.4) is 0 Å². The summed E-state index contributed by atoms with van der Waals surface area (Å²) in [5.74, 6) is -0.533. The third-order valence-electron chi connectivity index (χ3n) is 3.02. The quantitative estimate of drug-likeness (QED) is 0.816. The molecule has 7 heteroatoms. The van der Waals surface area contributed by atoms with Crippen molar-refractivity contribution in [3.63, 3.8) is 0 Å². The molecule has 1 N–H and O–H groups in total. The van der Waals surface area contributed by atoms with Crippen molar-refractivity contribution in [2.24, 2.45) is 0 Å². The van der Waals surface area contributed by atoms with E-state index in [0.717, 1.165) is 12.1 Å². The predicted molar refractivity (Wildman–Crippen MR) is 69.3 cm³/mol. The third-order valence-corrected chi connectivity index (χ3v) is 4.02. The lowest BCUT2D eigenvalue weighted by molar-refractivity contribution is -0.138. The summed E-state index contributed by atoms with van der Waals surface area (Å²) in [5.41, 5.74) is -1.87.